The first-order valence-electron chi connectivity index (χ1n) is 2.49. The van der Waals surface area contributed by atoms with E-state index in [2.05, 4.69) is 27.6 Å². The zero-order valence-corrected chi connectivity index (χ0v) is 7.56. The minimum atomic E-state index is 0.497. The molecule has 3 heteroatoms. The summed E-state index contributed by atoms with van der Waals surface area (Å²) in [5, 5.41) is 0. The summed E-state index contributed by atoms with van der Waals surface area (Å²) in [7, 11) is 0. The van der Waals surface area contributed by atoms with Crippen LogP contribution in [0.15, 0.2) is 18.3 Å². The Morgan fingerprint density at radius 1 is 1.67 bits per heavy atom. The van der Waals surface area contributed by atoms with Crippen molar-refractivity contribution < 1.29 is 0 Å². The number of hydrogen-bond donors (Lipinski definition) is 0. The lowest BCUT2D eigenvalue weighted by Crippen LogP contribution is -1.83. The largest absolute Gasteiger partial charge is 0.260 e. The Kier molecular flexibility index (Phi) is 2.72. The van der Waals surface area contributed by atoms with Gasteiger partial charge in [0.25, 0.3) is 0 Å². The first-order chi connectivity index (χ1) is 4.33. The second-order valence-corrected chi connectivity index (χ2v) is 3.11. The second-order valence-electron chi connectivity index (χ2n) is 1.60. The van der Waals surface area contributed by atoms with Crippen LogP contribution in [0.3, 0.4) is 0 Å². The van der Waals surface area contributed by atoms with Crippen molar-refractivity contribution >= 4 is 34.2 Å². The second kappa shape index (κ2) is 3.37. The first kappa shape index (κ1) is 7.28. The molecule has 1 aromatic rings. The minimum absolute atomic E-state index is 0.497. The maximum Gasteiger partial charge on any atom is 0.0647 e. The van der Waals surface area contributed by atoms with Crippen LogP contribution in [0, 0.1) is 3.57 Å². The number of nitrogens with zero attached hydrogens (tertiary/aromatic N) is 1. The van der Waals surface area contributed by atoms with Crippen molar-refractivity contribution in [3.63, 3.8) is 0 Å². The first-order valence-corrected chi connectivity index (χ1v) is 4.10. The minimum Gasteiger partial charge on any atom is -0.260 e. The van der Waals surface area contributed by atoms with Gasteiger partial charge in [-0.3, -0.25) is 4.98 Å². The van der Waals surface area contributed by atoms with Gasteiger partial charge < -0.3 is 0 Å². The Balaban J connectivity index is 2.94. The highest BCUT2D eigenvalue weighted by Crippen LogP contribution is 2.05. The molecular formula is C6H5ClIN. The molecule has 0 atom stereocenters. The van der Waals surface area contributed by atoms with E-state index in [4.69, 9.17) is 11.6 Å². The van der Waals surface area contributed by atoms with Crippen LogP contribution in [0.4, 0.5) is 0 Å². The number of rotatable bonds is 1. The molecule has 1 nitrogen and oxygen atoms in total. The highest BCUT2D eigenvalue weighted by atomic mass is 127. The molecule has 1 heterocycles. The molecule has 0 radical (unpaired) electrons. The maximum absolute atomic E-state index is 5.53. The van der Waals surface area contributed by atoms with Crippen LogP contribution < -0.4 is 0 Å². The number of aromatic nitrogens is 1. The lowest BCUT2D eigenvalue weighted by Gasteiger charge is -1.92. The average Bonchev–Trinajstić information content (AvgIpc) is 1.88. The molecule has 9 heavy (non-hydrogen) atoms. The predicted molar refractivity (Wildman–Crippen MR) is 46.5 cm³/mol. The summed E-state index contributed by atoms with van der Waals surface area (Å²) < 4.78 is 1.18. The molecule has 48 valence electrons. The fourth-order valence-corrected chi connectivity index (χ4v) is 1.19. The molecule has 0 fully saturated rings. The van der Waals surface area contributed by atoms with E-state index in [1.165, 1.54) is 3.57 Å². The number of pyridine rings is 1. The monoisotopic (exact) mass is 253 g/mol. The lowest BCUT2D eigenvalue weighted by molar-refractivity contribution is 1.16. The van der Waals surface area contributed by atoms with Gasteiger partial charge in [0.1, 0.15) is 0 Å². The molecule has 0 aliphatic rings. The average molecular weight is 253 g/mol. The Bertz CT molecular complexity index is 202. The summed E-state index contributed by atoms with van der Waals surface area (Å²) in [6.07, 6.45) is 1.76. The third-order valence-electron chi connectivity index (χ3n) is 0.916. The number of alkyl halides is 1. The van der Waals surface area contributed by atoms with Crippen molar-refractivity contribution in [2.24, 2.45) is 0 Å². The molecule has 1 rings (SSSR count). The predicted octanol–water partition coefficient (Wildman–Crippen LogP) is 2.43. The lowest BCUT2D eigenvalue weighted by atomic mass is 10.4. The molecule has 0 spiro atoms. The van der Waals surface area contributed by atoms with E-state index in [0.29, 0.717) is 5.88 Å². The number of halogens is 2. The highest BCUT2D eigenvalue weighted by Gasteiger charge is 1.89. The van der Waals surface area contributed by atoms with E-state index in [1.807, 2.05) is 12.1 Å². The van der Waals surface area contributed by atoms with Crippen LogP contribution in [-0.4, -0.2) is 4.98 Å². The van der Waals surface area contributed by atoms with Crippen LogP contribution in [0.2, 0.25) is 0 Å². The van der Waals surface area contributed by atoms with E-state index in [1.54, 1.807) is 6.20 Å². The van der Waals surface area contributed by atoms with E-state index >= 15 is 0 Å². The van der Waals surface area contributed by atoms with Gasteiger partial charge in [0.15, 0.2) is 0 Å². The van der Waals surface area contributed by atoms with E-state index < -0.39 is 0 Å². The van der Waals surface area contributed by atoms with E-state index in [-0.39, 0.29) is 0 Å². The van der Waals surface area contributed by atoms with Crippen molar-refractivity contribution in [2.45, 2.75) is 5.88 Å². The molecule has 0 unspecified atom stereocenters. The smallest absolute Gasteiger partial charge is 0.0647 e. The van der Waals surface area contributed by atoms with Gasteiger partial charge in [-0.1, -0.05) is 0 Å². The van der Waals surface area contributed by atoms with E-state index in [0.717, 1.165) is 5.69 Å². The van der Waals surface area contributed by atoms with Gasteiger partial charge >= 0.3 is 0 Å². The molecule has 0 aromatic carbocycles. The summed E-state index contributed by atoms with van der Waals surface area (Å²) in [6, 6.07) is 3.91. The Morgan fingerprint density at radius 3 is 2.89 bits per heavy atom. The van der Waals surface area contributed by atoms with Gasteiger partial charge in [0.2, 0.25) is 0 Å². The van der Waals surface area contributed by atoms with Crippen LogP contribution in [0.5, 0.6) is 0 Å². The molecular weight excluding hydrogens is 248 g/mol. The fourth-order valence-electron chi connectivity index (χ4n) is 0.522. The summed E-state index contributed by atoms with van der Waals surface area (Å²) in [5.74, 6) is 0.497. The van der Waals surface area contributed by atoms with Gasteiger partial charge in [0.05, 0.1) is 11.6 Å². The zero-order chi connectivity index (χ0) is 6.69. The summed E-state index contributed by atoms with van der Waals surface area (Å²) >= 11 is 7.76. The van der Waals surface area contributed by atoms with Crippen molar-refractivity contribution in [1.29, 1.82) is 0 Å². The standard InChI is InChI=1S/C6H5ClIN/c7-4-6-3-5(8)1-2-9-6/h1-3H,4H2. The summed E-state index contributed by atoms with van der Waals surface area (Å²) in [6.45, 7) is 0. The summed E-state index contributed by atoms with van der Waals surface area (Å²) in [5.41, 5.74) is 0.934. The zero-order valence-electron chi connectivity index (χ0n) is 4.64. The molecule has 0 saturated carbocycles. The van der Waals surface area contributed by atoms with Crippen molar-refractivity contribution in [3.8, 4) is 0 Å². The number of hydrogen-bond acceptors (Lipinski definition) is 1. The SMILES string of the molecule is ClCc1cc(I)ccn1. The third kappa shape index (κ3) is 2.10. The molecule has 0 bridgehead atoms. The van der Waals surface area contributed by atoms with Crippen LogP contribution >= 0.6 is 34.2 Å². The summed E-state index contributed by atoms with van der Waals surface area (Å²) in [4.78, 5) is 4.02. The quantitative estimate of drug-likeness (QED) is 0.553. The van der Waals surface area contributed by atoms with E-state index in [9.17, 15) is 0 Å². The van der Waals surface area contributed by atoms with Crippen LogP contribution in [0.1, 0.15) is 5.69 Å². The topological polar surface area (TPSA) is 12.9 Å². The van der Waals surface area contributed by atoms with Gasteiger partial charge in [0, 0.05) is 9.77 Å². The normalized spacial score (nSPS) is 9.56. The fraction of sp³-hybridized carbons (Fsp3) is 0.167. The maximum atomic E-state index is 5.53. The van der Waals surface area contributed by atoms with Gasteiger partial charge in [-0.25, -0.2) is 0 Å². The Hall–Kier alpha value is 0.170. The van der Waals surface area contributed by atoms with Gasteiger partial charge in [-0.2, -0.15) is 0 Å². The van der Waals surface area contributed by atoms with Crippen LogP contribution in [-0.2, 0) is 5.88 Å². The Labute approximate surface area is 72.6 Å². The van der Waals surface area contributed by atoms with Gasteiger partial charge in [-0.05, 0) is 34.7 Å². The molecule has 0 aliphatic heterocycles. The molecule has 0 N–H and O–H groups in total. The molecule has 1 aromatic heterocycles. The molecule has 0 saturated heterocycles. The van der Waals surface area contributed by atoms with Gasteiger partial charge in [-0.15, -0.1) is 11.6 Å². The third-order valence-corrected chi connectivity index (χ3v) is 1.86. The Morgan fingerprint density at radius 2 is 2.44 bits per heavy atom. The molecule has 0 aliphatic carbocycles. The van der Waals surface area contributed by atoms with Crippen molar-refractivity contribution in [3.05, 3.63) is 27.6 Å². The van der Waals surface area contributed by atoms with Crippen molar-refractivity contribution in [1.82, 2.24) is 4.98 Å². The van der Waals surface area contributed by atoms with Crippen LogP contribution in [0.25, 0.3) is 0 Å². The molecule has 0 amide bonds. The van der Waals surface area contributed by atoms with Crippen molar-refractivity contribution in [2.75, 3.05) is 0 Å². The highest BCUT2D eigenvalue weighted by molar-refractivity contribution is 14.1.